The fourth-order valence-corrected chi connectivity index (χ4v) is 5.71. The van der Waals surface area contributed by atoms with E-state index in [1.165, 1.54) is 60.4 Å². The van der Waals surface area contributed by atoms with Gasteiger partial charge in [-0.05, 0) is 58.5 Å². The van der Waals surface area contributed by atoms with E-state index in [2.05, 4.69) is 60.1 Å². The lowest BCUT2D eigenvalue weighted by molar-refractivity contribution is 0.717. The molecule has 0 spiro atoms. The highest BCUT2D eigenvalue weighted by atomic mass is 79.9. The van der Waals surface area contributed by atoms with Crippen molar-refractivity contribution < 1.29 is 0 Å². The lowest BCUT2D eigenvalue weighted by Gasteiger charge is -2.02. The zero-order chi connectivity index (χ0) is 14.8. The zero-order valence-electron chi connectivity index (χ0n) is 12.4. The standard InChI is InChI=1S/C18H19BrS2/c1-3-4-5-6-13-7-9-14(10-8-13)15-11-16-17(20-15)12(2)18(19)21-16/h7-11H,3-6H2,1-2H3. The van der Waals surface area contributed by atoms with Crippen LogP contribution in [0.3, 0.4) is 0 Å². The van der Waals surface area contributed by atoms with Gasteiger partial charge in [-0.3, -0.25) is 0 Å². The van der Waals surface area contributed by atoms with Crippen molar-refractivity contribution in [1.29, 1.82) is 0 Å². The third kappa shape index (κ3) is 3.25. The molecule has 0 N–H and O–H groups in total. The molecule has 2 heterocycles. The second-order valence-corrected chi connectivity index (χ2v) is 8.88. The maximum Gasteiger partial charge on any atom is 0.0748 e. The normalized spacial score (nSPS) is 11.4. The van der Waals surface area contributed by atoms with Gasteiger partial charge in [0.25, 0.3) is 0 Å². The second kappa shape index (κ2) is 6.64. The minimum absolute atomic E-state index is 1.21. The smallest absolute Gasteiger partial charge is 0.0748 e. The summed E-state index contributed by atoms with van der Waals surface area (Å²) in [4.78, 5) is 1.38. The van der Waals surface area contributed by atoms with Gasteiger partial charge in [-0.2, -0.15) is 0 Å². The maximum atomic E-state index is 3.63. The van der Waals surface area contributed by atoms with Crippen LogP contribution in [0.5, 0.6) is 0 Å². The molecule has 0 radical (unpaired) electrons. The molecule has 0 aliphatic carbocycles. The van der Waals surface area contributed by atoms with Crippen molar-refractivity contribution in [3.05, 3.63) is 45.2 Å². The van der Waals surface area contributed by atoms with Crippen molar-refractivity contribution in [3.8, 4) is 10.4 Å². The minimum atomic E-state index is 1.21. The Bertz CT molecular complexity index is 735. The van der Waals surface area contributed by atoms with Gasteiger partial charge in [-0.25, -0.2) is 0 Å². The first-order chi connectivity index (χ1) is 10.2. The van der Waals surface area contributed by atoms with Crippen molar-refractivity contribution in [1.82, 2.24) is 0 Å². The number of halogens is 1. The minimum Gasteiger partial charge on any atom is -0.134 e. The Kier molecular flexibility index (Phi) is 4.82. The Balaban J connectivity index is 1.81. The lowest BCUT2D eigenvalue weighted by atomic mass is 10.0. The predicted molar refractivity (Wildman–Crippen MR) is 101 cm³/mol. The fraction of sp³-hybridized carbons (Fsp3) is 0.333. The van der Waals surface area contributed by atoms with E-state index >= 15 is 0 Å². The number of hydrogen-bond donors (Lipinski definition) is 0. The van der Waals surface area contributed by atoms with E-state index in [9.17, 15) is 0 Å². The summed E-state index contributed by atoms with van der Waals surface area (Å²) in [7, 11) is 0. The third-order valence-corrected chi connectivity index (χ3v) is 7.38. The second-order valence-electron chi connectivity index (χ2n) is 5.46. The van der Waals surface area contributed by atoms with Crippen LogP contribution in [0.25, 0.3) is 19.8 Å². The molecule has 0 aliphatic rings. The van der Waals surface area contributed by atoms with Gasteiger partial charge >= 0.3 is 0 Å². The van der Waals surface area contributed by atoms with Crippen molar-refractivity contribution in [2.45, 2.75) is 39.5 Å². The first-order valence-corrected chi connectivity index (χ1v) is 9.89. The fourth-order valence-electron chi connectivity index (χ4n) is 2.53. The third-order valence-electron chi connectivity index (χ3n) is 3.84. The Morgan fingerprint density at radius 2 is 1.81 bits per heavy atom. The molecular formula is C18H19BrS2. The molecule has 1 aromatic carbocycles. The first kappa shape index (κ1) is 15.3. The summed E-state index contributed by atoms with van der Waals surface area (Å²) >= 11 is 7.38. The summed E-state index contributed by atoms with van der Waals surface area (Å²) in [6.45, 7) is 4.45. The lowest BCUT2D eigenvalue weighted by Crippen LogP contribution is -1.85. The van der Waals surface area contributed by atoms with Crippen LogP contribution in [0, 0.1) is 6.92 Å². The molecule has 0 fully saturated rings. The van der Waals surface area contributed by atoms with Crippen LogP contribution in [-0.4, -0.2) is 0 Å². The van der Waals surface area contributed by atoms with E-state index in [-0.39, 0.29) is 0 Å². The summed E-state index contributed by atoms with van der Waals surface area (Å²) in [6, 6.07) is 11.5. The van der Waals surface area contributed by atoms with E-state index < -0.39 is 0 Å². The largest absolute Gasteiger partial charge is 0.134 e. The molecule has 3 rings (SSSR count). The molecule has 3 heteroatoms. The van der Waals surface area contributed by atoms with Gasteiger partial charge in [0, 0.05) is 14.3 Å². The monoisotopic (exact) mass is 378 g/mol. The molecule has 2 aromatic heterocycles. The zero-order valence-corrected chi connectivity index (χ0v) is 15.6. The summed E-state index contributed by atoms with van der Waals surface area (Å²) in [6.07, 6.45) is 5.13. The van der Waals surface area contributed by atoms with E-state index in [1.54, 1.807) is 0 Å². The number of thiophene rings is 2. The highest BCUT2D eigenvalue weighted by Gasteiger charge is 2.11. The molecule has 0 amide bonds. The molecule has 0 atom stereocenters. The summed E-state index contributed by atoms with van der Waals surface area (Å²) in [5.74, 6) is 0. The van der Waals surface area contributed by atoms with Crippen LogP contribution in [0.2, 0.25) is 0 Å². The molecule has 21 heavy (non-hydrogen) atoms. The van der Waals surface area contributed by atoms with E-state index in [4.69, 9.17) is 0 Å². The molecule has 0 saturated carbocycles. The average molecular weight is 379 g/mol. The quantitative estimate of drug-likeness (QED) is 0.404. The van der Waals surface area contributed by atoms with Crippen molar-refractivity contribution in [3.63, 3.8) is 0 Å². The van der Waals surface area contributed by atoms with Gasteiger partial charge < -0.3 is 0 Å². The summed E-state index contributed by atoms with van der Waals surface area (Å²) < 4.78 is 4.09. The number of aryl methyl sites for hydroxylation is 2. The molecular weight excluding hydrogens is 360 g/mol. The van der Waals surface area contributed by atoms with E-state index in [1.807, 2.05) is 22.7 Å². The van der Waals surface area contributed by atoms with Crippen molar-refractivity contribution >= 4 is 48.0 Å². The number of unbranched alkanes of at least 4 members (excludes halogenated alkanes) is 2. The van der Waals surface area contributed by atoms with Crippen LogP contribution >= 0.6 is 38.6 Å². The Labute approximate surface area is 143 Å². The molecule has 110 valence electrons. The Hall–Kier alpha value is -0.640. The summed E-state index contributed by atoms with van der Waals surface area (Å²) in [5, 5.41) is 0. The topological polar surface area (TPSA) is 0 Å². The van der Waals surface area contributed by atoms with E-state index in [0.29, 0.717) is 0 Å². The molecule has 0 saturated heterocycles. The molecule has 0 unspecified atom stereocenters. The van der Waals surface area contributed by atoms with Crippen LogP contribution in [0.15, 0.2) is 34.1 Å². The highest BCUT2D eigenvalue weighted by molar-refractivity contribution is 9.11. The number of benzene rings is 1. The van der Waals surface area contributed by atoms with Crippen molar-refractivity contribution in [2.24, 2.45) is 0 Å². The van der Waals surface area contributed by atoms with Crippen LogP contribution in [0.1, 0.15) is 37.3 Å². The van der Waals surface area contributed by atoms with Gasteiger partial charge in [0.15, 0.2) is 0 Å². The van der Waals surface area contributed by atoms with Crippen LogP contribution in [-0.2, 0) is 6.42 Å². The Morgan fingerprint density at radius 3 is 2.48 bits per heavy atom. The van der Waals surface area contributed by atoms with Gasteiger partial charge in [0.1, 0.15) is 0 Å². The SMILES string of the molecule is CCCCCc1ccc(-c2cc3sc(Br)c(C)c3s2)cc1. The molecule has 0 bridgehead atoms. The number of rotatable bonds is 5. The van der Waals surface area contributed by atoms with Gasteiger partial charge in [-0.1, -0.05) is 44.0 Å². The van der Waals surface area contributed by atoms with Crippen LogP contribution < -0.4 is 0 Å². The summed E-state index contributed by atoms with van der Waals surface area (Å²) in [5.41, 5.74) is 4.19. The van der Waals surface area contributed by atoms with E-state index in [0.717, 1.165) is 0 Å². The molecule has 0 nitrogen and oxygen atoms in total. The maximum absolute atomic E-state index is 3.63. The van der Waals surface area contributed by atoms with Gasteiger partial charge in [0.2, 0.25) is 0 Å². The first-order valence-electron chi connectivity index (χ1n) is 7.46. The molecule has 0 aliphatic heterocycles. The predicted octanol–water partition coefficient (Wildman–Crippen LogP) is 7.43. The average Bonchev–Trinajstić information content (AvgIpc) is 3.01. The molecule has 3 aromatic rings. The Morgan fingerprint density at radius 1 is 1.05 bits per heavy atom. The van der Waals surface area contributed by atoms with Gasteiger partial charge in [0.05, 0.1) is 3.79 Å². The highest BCUT2D eigenvalue weighted by Crippen LogP contribution is 2.43. The van der Waals surface area contributed by atoms with Crippen molar-refractivity contribution in [2.75, 3.05) is 0 Å². The number of fused-ring (bicyclic) bond motifs is 1. The van der Waals surface area contributed by atoms with Gasteiger partial charge in [-0.15, -0.1) is 22.7 Å². The number of hydrogen-bond acceptors (Lipinski definition) is 2. The van der Waals surface area contributed by atoms with Crippen LogP contribution in [0.4, 0.5) is 0 Å².